The van der Waals surface area contributed by atoms with Gasteiger partial charge in [0.05, 0.1) is 4.90 Å². The van der Waals surface area contributed by atoms with Crippen molar-refractivity contribution >= 4 is 33.2 Å². The molecule has 2 aromatic rings. The number of rotatable bonds is 8. The third-order valence-electron chi connectivity index (χ3n) is 5.45. The summed E-state index contributed by atoms with van der Waals surface area (Å²) in [7, 11) is -4.09. The van der Waals surface area contributed by atoms with Gasteiger partial charge in [-0.1, -0.05) is 20.8 Å². The lowest BCUT2D eigenvalue weighted by molar-refractivity contribution is -0.274. The number of carbonyl (C=O) groups excluding carboxylic acids is 2. The molecule has 2 amide bonds. The molecule has 1 aliphatic rings. The van der Waals surface area contributed by atoms with Gasteiger partial charge in [0, 0.05) is 24.3 Å². The molecule has 35 heavy (non-hydrogen) atoms. The molecule has 1 atom stereocenters. The molecule has 2 aromatic carbocycles. The number of anilines is 2. The molecule has 0 fully saturated rings. The predicted molar refractivity (Wildman–Crippen MR) is 123 cm³/mol. The number of hydrogen-bond donors (Lipinski definition) is 2. The molecule has 190 valence electrons. The van der Waals surface area contributed by atoms with Gasteiger partial charge in [-0.25, -0.2) is 8.42 Å². The highest BCUT2D eigenvalue weighted by molar-refractivity contribution is 7.89. The van der Waals surface area contributed by atoms with E-state index in [0.29, 0.717) is 25.1 Å². The summed E-state index contributed by atoms with van der Waals surface area (Å²) in [6.07, 6.45) is -3.98. The Morgan fingerprint density at radius 1 is 1.11 bits per heavy atom. The zero-order chi connectivity index (χ0) is 26.0. The number of nitrogens with zero attached hydrogens (tertiary/aromatic N) is 1. The van der Waals surface area contributed by atoms with Gasteiger partial charge < -0.3 is 15.0 Å². The maximum Gasteiger partial charge on any atom is 0.573 e. The van der Waals surface area contributed by atoms with Crippen LogP contribution in [0.2, 0.25) is 0 Å². The van der Waals surface area contributed by atoms with Crippen molar-refractivity contribution in [3.8, 4) is 5.75 Å². The third-order valence-corrected chi connectivity index (χ3v) is 6.89. The molecule has 3 rings (SSSR count). The second-order valence-electron chi connectivity index (χ2n) is 8.34. The van der Waals surface area contributed by atoms with E-state index < -0.39 is 40.0 Å². The molecule has 1 heterocycles. The van der Waals surface area contributed by atoms with Crippen molar-refractivity contribution in [3.05, 3.63) is 48.0 Å². The molecular weight excluding hydrogens is 487 g/mol. The highest BCUT2D eigenvalue weighted by atomic mass is 32.2. The van der Waals surface area contributed by atoms with E-state index in [0.717, 1.165) is 17.7 Å². The minimum Gasteiger partial charge on any atom is -0.406 e. The van der Waals surface area contributed by atoms with Gasteiger partial charge in [-0.05, 0) is 60.4 Å². The van der Waals surface area contributed by atoms with Crippen LogP contribution in [0.4, 0.5) is 24.5 Å². The predicted octanol–water partition coefficient (Wildman–Crippen LogP) is 3.83. The topological polar surface area (TPSA) is 105 Å². The van der Waals surface area contributed by atoms with E-state index in [9.17, 15) is 31.2 Å². The standard InChI is InChI=1S/C23H26F3N3O5S/c1-4-20(30)29-12-11-15-13-18(9-10-19(15)29)35(32,33)28-21(14(2)3)22(31)27-16-5-7-17(8-6-16)34-23(24,25)26/h5-10,13-14,21,28H,4,11-12H2,1-3H3,(H,27,31)/t21-/m1/s1. The fourth-order valence-electron chi connectivity index (χ4n) is 3.68. The number of amides is 2. The van der Waals surface area contributed by atoms with Gasteiger partial charge in [0.1, 0.15) is 11.8 Å². The van der Waals surface area contributed by atoms with Crippen LogP contribution >= 0.6 is 0 Å². The van der Waals surface area contributed by atoms with Crippen molar-refractivity contribution < 1.29 is 35.9 Å². The van der Waals surface area contributed by atoms with E-state index in [-0.39, 0.29) is 16.5 Å². The normalized spacial score (nSPS) is 14.5. The fraction of sp³-hybridized carbons (Fsp3) is 0.391. The minimum absolute atomic E-state index is 0.0332. The number of sulfonamides is 1. The summed E-state index contributed by atoms with van der Waals surface area (Å²) < 4.78 is 69.3. The monoisotopic (exact) mass is 513 g/mol. The van der Waals surface area contributed by atoms with Crippen molar-refractivity contribution in [3.63, 3.8) is 0 Å². The molecule has 0 radical (unpaired) electrons. The summed E-state index contributed by atoms with van der Waals surface area (Å²) in [5, 5.41) is 2.51. The van der Waals surface area contributed by atoms with Crippen LogP contribution in [0.15, 0.2) is 47.4 Å². The van der Waals surface area contributed by atoms with Gasteiger partial charge in [-0.3, -0.25) is 9.59 Å². The number of alkyl halides is 3. The second kappa shape index (κ2) is 10.2. The molecule has 0 saturated carbocycles. The number of fused-ring (bicyclic) bond motifs is 1. The SMILES string of the molecule is CCC(=O)N1CCc2cc(S(=O)(=O)N[C@@H](C(=O)Nc3ccc(OC(F)(F)F)cc3)C(C)C)ccc21. The Morgan fingerprint density at radius 2 is 1.77 bits per heavy atom. The molecule has 0 saturated heterocycles. The maximum absolute atomic E-state index is 13.1. The first kappa shape index (κ1) is 26.5. The smallest absolute Gasteiger partial charge is 0.406 e. The zero-order valence-corrected chi connectivity index (χ0v) is 20.2. The van der Waals surface area contributed by atoms with E-state index in [2.05, 4.69) is 14.8 Å². The zero-order valence-electron chi connectivity index (χ0n) is 19.3. The van der Waals surface area contributed by atoms with Crippen LogP contribution in [0, 0.1) is 5.92 Å². The lowest BCUT2D eigenvalue weighted by Gasteiger charge is -2.22. The summed E-state index contributed by atoms with van der Waals surface area (Å²) in [4.78, 5) is 26.5. The number of nitrogens with one attached hydrogen (secondary N) is 2. The average molecular weight is 514 g/mol. The number of benzene rings is 2. The Labute approximate surface area is 201 Å². The number of hydrogen-bond acceptors (Lipinski definition) is 5. The van der Waals surface area contributed by atoms with Gasteiger partial charge in [0.2, 0.25) is 21.8 Å². The van der Waals surface area contributed by atoms with Crippen molar-refractivity contribution in [2.45, 2.75) is 50.9 Å². The van der Waals surface area contributed by atoms with Crippen LogP contribution in [0.3, 0.4) is 0 Å². The summed E-state index contributed by atoms with van der Waals surface area (Å²) >= 11 is 0. The molecule has 12 heteroatoms. The first-order chi connectivity index (χ1) is 16.3. The van der Waals surface area contributed by atoms with Crippen LogP contribution in [0.5, 0.6) is 5.75 Å². The van der Waals surface area contributed by atoms with Crippen molar-refractivity contribution in [2.75, 3.05) is 16.8 Å². The lowest BCUT2D eigenvalue weighted by atomic mass is 10.0. The Morgan fingerprint density at radius 3 is 2.34 bits per heavy atom. The summed E-state index contributed by atoms with van der Waals surface area (Å²) in [6, 6.07) is 7.82. The Balaban J connectivity index is 1.74. The van der Waals surface area contributed by atoms with Crippen LogP contribution in [-0.2, 0) is 26.0 Å². The maximum atomic E-state index is 13.1. The molecule has 0 spiro atoms. The summed E-state index contributed by atoms with van der Waals surface area (Å²) in [5.41, 5.74) is 1.57. The minimum atomic E-state index is -4.84. The van der Waals surface area contributed by atoms with E-state index in [1.807, 2.05) is 0 Å². The second-order valence-corrected chi connectivity index (χ2v) is 10.1. The van der Waals surface area contributed by atoms with E-state index >= 15 is 0 Å². The van der Waals surface area contributed by atoms with E-state index in [4.69, 9.17) is 0 Å². The van der Waals surface area contributed by atoms with Gasteiger partial charge >= 0.3 is 6.36 Å². The molecule has 0 unspecified atom stereocenters. The Bertz CT molecular complexity index is 1200. The lowest BCUT2D eigenvalue weighted by Crippen LogP contribution is -2.47. The first-order valence-corrected chi connectivity index (χ1v) is 12.4. The van der Waals surface area contributed by atoms with Crippen LogP contribution in [-0.4, -0.2) is 39.2 Å². The molecule has 0 bridgehead atoms. The Hall–Kier alpha value is -3.12. The summed E-state index contributed by atoms with van der Waals surface area (Å²) in [6.45, 7) is 5.54. The fourth-order valence-corrected chi connectivity index (χ4v) is 5.08. The van der Waals surface area contributed by atoms with Crippen molar-refractivity contribution in [1.29, 1.82) is 0 Å². The van der Waals surface area contributed by atoms with Gasteiger partial charge in [0.25, 0.3) is 0 Å². The number of carbonyl (C=O) groups is 2. The largest absolute Gasteiger partial charge is 0.573 e. The van der Waals surface area contributed by atoms with Crippen LogP contribution in [0.1, 0.15) is 32.8 Å². The molecular formula is C23H26F3N3O5S. The number of halogens is 3. The van der Waals surface area contributed by atoms with E-state index in [1.165, 1.54) is 24.3 Å². The average Bonchev–Trinajstić information content (AvgIpc) is 3.20. The van der Waals surface area contributed by atoms with Gasteiger partial charge in [-0.15, -0.1) is 13.2 Å². The molecule has 0 aliphatic carbocycles. The van der Waals surface area contributed by atoms with Crippen LogP contribution in [0.25, 0.3) is 0 Å². The first-order valence-electron chi connectivity index (χ1n) is 10.9. The highest BCUT2D eigenvalue weighted by Gasteiger charge is 2.32. The molecule has 1 aliphatic heterocycles. The van der Waals surface area contributed by atoms with Crippen LogP contribution < -0.4 is 19.7 Å². The Kier molecular flexibility index (Phi) is 7.75. The molecule has 2 N–H and O–H groups in total. The highest BCUT2D eigenvalue weighted by Crippen LogP contribution is 2.31. The van der Waals surface area contributed by atoms with Crippen molar-refractivity contribution in [2.24, 2.45) is 5.92 Å². The molecule has 0 aromatic heterocycles. The molecule has 8 nitrogen and oxygen atoms in total. The quantitative estimate of drug-likeness (QED) is 0.558. The van der Waals surface area contributed by atoms with Crippen molar-refractivity contribution in [1.82, 2.24) is 4.72 Å². The van der Waals surface area contributed by atoms with E-state index in [1.54, 1.807) is 31.7 Å². The third kappa shape index (κ3) is 6.51. The van der Waals surface area contributed by atoms with Gasteiger partial charge in [-0.2, -0.15) is 4.72 Å². The number of ether oxygens (including phenoxy) is 1. The van der Waals surface area contributed by atoms with Gasteiger partial charge in [0.15, 0.2) is 0 Å². The summed E-state index contributed by atoms with van der Waals surface area (Å²) in [5.74, 6) is -1.61.